The molecule has 0 aliphatic heterocycles. The van der Waals surface area contributed by atoms with Crippen LogP contribution in [0.3, 0.4) is 0 Å². The molecule has 0 saturated carbocycles. The van der Waals surface area contributed by atoms with Crippen LogP contribution < -0.4 is 11.2 Å². The summed E-state index contributed by atoms with van der Waals surface area (Å²) in [4.78, 5) is 29.6. The van der Waals surface area contributed by atoms with Crippen LogP contribution in [0, 0.1) is 12.3 Å². The highest BCUT2D eigenvalue weighted by Gasteiger charge is 2.08. The quantitative estimate of drug-likeness (QED) is 0.424. The molecule has 0 bridgehead atoms. The van der Waals surface area contributed by atoms with Crippen LogP contribution in [0.2, 0.25) is 0 Å². The van der Waals surface area contributed by atoms with Crippen molar-refractivity contribution in [3.63, 3.8) is 0 Å². The maximum Gasteiger partial charge on any atom is 0.333 e. The molecule has 1 rings (SSSR count). The fourth-order valence-corrected chi connectivity index (χ4v) is 1.42. The second-order valence-electron chi connectivity index (χ2n) is 3.87. The second-order valence-corrected chi connectivity index (χ2v) is 3.87. The predicted octanol–water partition coefficient (Wildman–Crippen LogP) is -0.116. The first-order chi connectivity index (χ1) is 8.51. The molecule has 0 atom stereocenters. The summed E-state index contributed by atoms with van der Waals surface area (Å²) < 4.78 is 2.41. The minimum Gasteiger partial charge on any atom is -0.369 e. The summed E-state index contributed by atoms with van der Waals surface area (Å²) in [7, 11) is 3.61. The fourth-order valence-electron chi connectivity index (χ4n) is 1.42. The summed E-state index contributed by atoms with van der Waals surface area (Å²) in [5.74, 6) is 2.62. The molecule has 1 aromatic heterocycles. The van der Waals surface area contributed by atoms with E-state index in [2.05, 4.69) is 10.9 Å². The van der Waals surface area contributed by atoms with Crippen LogP contribution in [0.15, 0.2) is 20.6 Å². The van der Waals surface area contributed by atoms with Crippen LogP contribution in [-0.2, 0) is 13.1 Å². The highest BCUT2D eigenvalue weighted by Crippen LogP contribution is 2.05. The van der Waals surface area contributed by atoms with Gasteiger partial charge in [0.25, 0.3) is 5.56 Å². The molecule has 6 heteroatoms. The third kappa shape index (κ3) is 2.88. The Morgan fingerprint density at radius 2 is 2.11 bits per heavy atom. The van der Waals surface area contributed by atoms with Gasteiger partial charge in [-0.2, -0.15) is 0 Å². The fraction of sp³-hybridized carbons (Fsp3) is 0.417. The van der Waals surface area contributed by atoms with Gasteiger partial charge in [0.15, 0.2) is 0 Å². The van der Waals surface area contributed by atoms with Crippen LogP contribution in [0.1, 0.15) is 6.92 Å². The van der Waals surface area contributed by atoms with Gasteiger partial charge in [0, 0.05) is 26.7 Å². The Kier molecular flexibility index (Phi) is 4.49. The van der Waals surface area contributed by atoms with Crippen molar-refractivity contribution in [3.05, 3.63) is 26.9 Å². The van der Waals surface area contributed by atoms with Gasteiger partial charge in [0.2, 0.25) is 0 Å². The van der Waals surface area contributed by atoms with Gasteiger partial charge >= 0.3 is 5.69 Å². The monoisotopic (exact) mass is 248 g/mol. The smallest absolute Gasteiger partial charge is 0.333 e. The summed E-state index contributed by atoms with van der Waals surface area (Å²) >= 11 is 0. The highest BCUT2D eigenvalue weighted by atomic mass is 16.2. The second kappa shape index (κ2) is 5.87. The van der Waals surface area contributed by atoms with Crippen molar-refractivity contribution < 1.29 is 0 Å². The highest BCUT2D eigenvalue weighted by molar-refractivity contribution is 5.58. The zero-order chi connectivity index (χ0) is 13.7. The Morgan fingerprint density at radius 3 is 2.61 bits per heavy atom. The SMILES string of the molecule is C#CCn1c(=O)cc(/N=C/N(C)C)n(CC)c1=O. The Hall–Kier alpha value is -2.29. The molecule has 0 aliphatic carbocycles. The Bertz CT molecular complexity index is 602. The number of nitrogens with zero attached hydrogens (tertiary/aromatic N) is 4. The van der Waals surface area contributed by atoms with Gasteiger partial charge in [0.05, 0.1) is 12.9 Å². The molecular formula is C12H16N4O2. The van der Waals surface area contributed by atoms with E-state index < -0.39 is 11.2 Å². The molecule has 1 heterocycles. The lowest BCUT2D eigenvalue weighted by Crippen LogP contribution is -2.38. The predicted molar refractivity (Wildman–Crippen MR) is 71.3 cm³/mol. The summed E-state index contributed by atoms with van der Waals surface area (Å²) in [6.45, 7) is 2.19. The molecule has 0 saturated heterocycles. The van der Waals surface area contributed by atoms with Gasteiger partial charge in [-0.15, -0.1) is 6.42 Å². The Morgan fingerprint density at radius 1 is 1.44 bits per heavy atom. The zero-order valence-corrected chi connectivity index (χ0v) is 10.8. The molecule has 0 spiro atoms. The molecule has 6 nitrogen and oxygen atoms in total. The van der Waals surface area contributed by atoms with E-state index in [9.17, 15) is 9.59 Å². The van der Waals surface area contributed by atoms with Crippen molar-refractivity contribution in [2.45, 2.75) is 20.0 Å². The number of aliphatic imine (C=N–C) groups is 1. The third-order valence-electron chi connectivity index (χ3n) is 2.24. The number of hydrogen-bond acceptors (Lipinski definition) is 3. The normalized spacial score (nSPS) is 10.6. The molecule has 0 fully saturated rings. The van der Waals surface area contributed by atoms with E-state index in [0.29, 0.717) is 12.4 Å². The molecule has 0 unspecified atom stereocenters. The zero-order valence-electron chi connectivity index (χ0n) is 10.8. The van der Waals surface area contributed by atoms with Gasteiger partial charge in [-0.05, 0) is 6.92 Å². The number of terminal acetylenes is 1. The largest absolute Gasteiger partial charge is 0.369 e. The van der Waals surface area contributed by atoms with Gasteiger partial charge in [-0.25, -0.2) is 14.4 Å². The number of aromatic nitrogens is 2. The molecule has 0 radical (unpaired) electrons. The first-order valence-corrected chi connectivity index (χ1v) is 5.50. The molecule has 0 N–H and O–H groups in total. The first kappa shape index (κ1) is 13.8. The maximum absolute atomic E-state index is 12.0. The Balaban J connectivity index is 3.44. The van der Waals surface area contributed by atoms with E-state index in [1.807, 2.05) is 0 Å². The first-order valence-electron chi connectivity index (χ1n) is 5.50. The van der Waals surface area contributed by atoms with Crippen molar-refractivity contribution in [1.82, 2.24) is 14.0 Å². The van der Waals surface area contributed by atoms with Crippen LogP contribution >= 0.6 is 0 Å². The topological polar surface area (TPSA) is 59.6 Å². The van der Waals surface area contributed by atoms with Crippen LogP contribution in [0.25, 0.3) is 0 Å². The summed E-state index contributed by atoms with van der Waals surface area (Å²) in [5.41, 5.74) is -0.873. The molecule has 0 amide bonds. The molecular weight excluding hydrogens is 232 g/mol. The van der Waals surface area contributed by atoms with Gasteiger partial charge in [-0.3, -0.25) is 9.36 Å². The van der Waals surface area contributed by atoms with E-state index in [-0.39, 0.29) is 6.54 Å². The average molecular weight is 248 g/mol. The van der Waals surface area contributed by atoms with Crippen molar-refractivity contribution in [1.29, 1.82) is 0 Å². The van der Waals surface area contributed by atoms with Crippen LogP contribution in [0.5, 0.6) is 0 Å². The standard InChI is InChI=1S/C12H16N4O2/c1-5-7-16-11(17)8-10(13-9-14(3)4)15(6-2)12(16)18/h1,8-9H,6-7H2,2-4H3/b13-9+. The van der Waals surface area contributed by atoms with Crippen molar-refractivity contribution in [2.24, 2.45) is 4.99 Å². The van der Waals surface area contributed by atoms with Gasteiger partial charge < -0.3 is 4.90 Å². The summed E-state index contributed by atoms with van der Waals surface area (Å²) in [5, 5.41) is 0. The van der Waals surface area contributed by atoms with E-state index >= 15 is 0 Å². The maximum atomic E-state index is 12.0. The van der Waals surface area contributed by atoms with Crippen molar-refractivity contribution in [2.75, 3.05) is 14.1 Å². The molecule has 0 aromatic carbocycles. The van der Waals surface area contributed by atoms with Crippen molar-refractivity contribution >= 4 is 12.2 Å². The van der Waals surface area contributed by atoms with Gasteiger partial charge in [0.1, 0.15) is 5.82 Å². The summed E-state index contributed by atoms with van der Waals surface area (Å²) in [6.07, 6.45) is 6.67. The molecule has 0 aliphatic rings. The lowest BCUT2D eigenvalue weighted by Gasteiger charge is -2.10. The van der Waals surface area contributed by atoms with E-state index in [1.165, 1.54) is 17.0 Å². The lowest BCUT2D eigenvalue weighted by atomic mass is 10.5. The molecule has 96 valence electrons. The van der Waals surface area contributed by atoms with Crippen molar-refractivity contribution in [3.8, 4) is 12.3 Å². The van der Waals surface area contributed by atoms with E-state index in [0.717, 1.165) is 4.57 Å². The summed E-state index contributed by atoms with van der Waals surface area (Å²) in [6, 6.07) is 1.31. The number of hydrogen-bond donors (Lipinski definition) is 0. The van der Waals surface area contributed by atoms with Crippen LogP contribution in [-0.4, -0.2) is 34.5 Å². The van der Waals surface area contributed by atoms with E-state index in [1.54, 1.807) is 25.9 Å². The minimum atomic E-state index is -0.437. The van der Waals surface area contributed by atoms with Crippen LogP contribution in [0.4, 0.5) is 5.82 Å². The third-order valence-corrected chi connectivity index (χ3v) is 2.24. The Labute approximate surface area is 105 Å². The molecule has 1 aromatic rings. The van der Waals surface area contributed by atoms with E-state index in [4.69, 9.17) is 6.42 Å². The lowest BCUT2D eigenvalue weighted by molar-refractivity contribution is 0.610. The number of rotatable bonds is 4. The van der Waals surface area contributed by atoms with Gasteiger partial charge in [-0.1, -0.05) is 5.92 Å². The molecule has 18 heavy (non-hydrogen) atoms. The average Bonchev–Trinajstić information content (AvgIpc) is 2.31. The minimum absolute atomic E-state index is 0.0324.